The summed E-state index contributed by atoms with van der Waals surface area (Å²) in [6.45, 7) is 1.99. The third-order valence-corrected chi connectivity index (χ3v) is 1.77. The lowest BCUT2D eigenvalue weighted by molar-refractivity contribution is 1.22. The Labute approximate surface area is 64.9 Å². The van der Waals surface area contributed by atoms with Crippen LogP contribution in [0, 0.1) is 6.92 Å². The van der Waals surface area contributed by atoms with Crippen LogP contribution in [0.3, 0.4) is 0 Å². The Balaban J connectivity index is 2.91. The van der Waals surface area contributed by atoms with E-state index in [4.69, 9.17) is 0 Å². The minimum atomic E-state index is 1.04. The van der Waals surface area contributed by atoms with E-state index in [0.717, 1.165) is 11.1 Å². The molecule has 2 heterocycles. The van der Waals surface area contributed by atoms with E-state index in [2.05, 4.69) is 9.97 Å². The van der Waals surface area contributed by atoms with Gasteiger partial charge in [-0.2, -0.15) is 0 Å². The maximum atomic E-state index is 4.17. The van der Waals surface area contributed by atoms with Crippen molar-refractivity contribution in [2.24, 2.45) is 0 Å². The smallest absolute Gasteiger partial charge is 0.0466 e. The van der Waals surface area contributed by atoms with Crippen molar-refractivity contribution < 1.29 is 0 Å². The molecule has 0 spiro atoms. The van der Waals surface area contributed by atoms with Crippen molar-refractivity contribution in [1.29, 1.82) is 0 Å². The van der Waals surface area contributed by atoms with E-state index < -0.39 is 0 Å². The van der Waals surface area contributed by atoms with E-state index in [0.29, 0.717) is 0 Å². The molecule has 2 aromatic rings. The van der Waals surface area contributed by atoms with Crippen LogP contribution in [0.2, 0.25) is 0 Å². The van der Waals surface area contributed by atoms with Gasteiger partial charge in [0.25, 0.3) is 0 Å². The largest absolute Gasteiger partial charge is 0.264 e. The second-order valence-electron chi connectivity index (χ2n) is 2.49. The fraction of sp³-hybridized carbons (Fsp3) is 0.111. The number of aryl methyl sites for hydroxylation is 1. The number of aromatic nitrogens is 2. The molecule has 0 fully saturated rings. The van der Waals surface area contributed by atoms with Gasteiger partial charge in [-0.25, -0.2) is 0 Å². The van der Waals surface area contributed by atoms with Crippen molar-refractivity contribution in [2.75, 3.05) is 0 Å². The maximum absolute atomic E-state index is 4.17. The van der Waals surface area contributed by atoms with Gasteiger partial charge >= 0.3 is 0 Å². The van der Waals surface area contributed by atoms with Crippen LogP contribution in [0.15, 0.2) is 30.7 Å². The number of fused-ring (bicyclic) bond motifs is 1. The molecule has 54 valence electrons. The molecule has 0 amide bonds. The molecule has 0 N–H and O–H groups in total. The van der Waals surface area contributed by atoms with Gasteiger partial charge in [0.1, 0.15) is 0 Å². The van der Waals surface area contributed by atoms with Crippen LogP contribution in [0.1, 0.15) is 5.69 Å². The second kappa shape index (κ2) is 2.31. The Morgan fingerprint density at radius 3 is 2.82 bits per heavy atom. The standard InChI is InChI=1S/C9H8N2/c1-7-9-6-10-4-2-8(9)3-5-11-7/h2-6H,1H3. The molecule has 0 saturated heterocycles. The van der Waals surface area contributed by atoms with Gasteiger partial charge in [0.05, 0.1) is 0 Å². The van der Waals surface area contributed by atoms with Gasteiger partial charge in [-0.3, -0.25) is 9.97 Å². The van der Waals surface area contributed by atoms with E-state index in [9.17, 15) is 0 Å². The van der Waals surface area contributed by atoms with Crippen molar-refractivity contribution in [3.05, 3.63) is 36.4 Å². The molecule has 0 unspecified atom stereocenters. The topological polar surface area (TPSA) is 25.8 Å². The Bertz CT molecular complexity index is 377. The molecule has 0 saturated carbocycles. The molecule has 11 heavy (non-hydrogen) atoms. The van der Waals surface area contributed by atoms with E-state index >= 15 is 0 Å². The summed E-state index contributed by atoms with van der Waals surface area (Å²) < 4.78 is 0. The summed E-state index contributed by atoms with van der Waals surface area (Å²) in [6.07, 6.45) is 5.46. The summed E-state index contributed by atoms with van der Waals surface area (Å²) in [7, 11) is 0. The van der Waals surface area contributed by atoms with Gasteiger partial charge < -0.3 is 0 Å². The molecular formula is C9H8N2. The first-order valence-electron chi connectivity index (χ1n) is 3.53. The van der Waals surface area contributed by atoms with Crippen LogP contribution >= 0.6 is 0 Å². The van der Waals surface area contributed by atoms with E-state index in [1.807, 2.05) is 31.5 Å². The number of rotatable bonds is 0. The van der Waals surface area contributed by atoms with Crippen molar-refractivity contribution in [2.45, 2.75) is 6.92 Å². The Morgan fingerprint density at radius 1 is 1.18 bits per heavy atom. The van der Waals surface area contributed by atoms with Crippen molar-refractivity contribution in [3.8, 4) is 0 Å². The molecule has 0 aliphatic rings. The van der Waals surface area contributed by atoms with Gasteiger partial charge in [-0.05, 0) is 24.4 Å². The lowest BCUT2D eigenvalue weighted by atomic mass is 10.2. The minimum absolute atomic E-state index is 1.04. The molecule has 0 aliphatic heterocycles. The number of hydrogen-bond donors (Lipinski definition) is 0. The highest BCUT2D eigenvalue weighted by atomic mass is 14.7. The summed E-state index contributed by atoms with van der Waals surface area (Å²) >= 11 is 0. The second-order valence-corrected chi connectivity index (χ2v) is 2.49. The molecule has 0 atom stereocenters. The summed E-state index contributed by atoms with van der Waals surface area (Å²) in [4.78, 5) is 8.20. The van der Waals surface area contributed by atoms with Crippen LogP contribution < -0.4 is 0 Å². The highest BCUT2D eigenvalue weighted by Gasteiger charge is 1.94. The molecule has 0 aliphatic carbocycles. The zero-order chi connectivity index (χ0) is 7.68. The molecule has 0 bridgehead atoms. The third-order valence-electron chi connectivity index (χ3n) is 1.77. The minimum Gasteiger partial charge on any atom is -0.264 e. The van der Waals surface area contributed by atoms with Gasteiger partial charge in [0, 0.05) is 29.7 Å². The van der Waals surface area contributed by atoms with Crippen LogP contribution in [0.25, 0.3) is 10.8 Å². The van der Waals surface area contributed by atoms with Crippen LogP contribution in [0.4, 0.5) is 0 Å². The molecular weight excluding hydrogens is 136 g/mol. The lowest BCUT2D eigenvalue weighted by Gasteiger charge is -1.97. The Morgan fingerprint density at radius 2 is 2.00 bits per heavy atom. The van der Waals surface area contributed by atoms with Crippen molar-refractivity contribution in [3.63, 3.8) is 0 Å². The third kappa shape index (κ3) is 0.963. The van der Waals surface area contributed by atoms with E-state index in [-0.39, 0.29) is 0 Å². The lowest BCUT2D eigenvalue weighted by Crippen LogP contribution is -1.82. The molecule has 0 radical (unpaired) electrons. The van der Waals surface area contributed by atoms with E-state index in [1.165, 1.54) is 5.39 Å². The number of nitrogens with zero attached hydrogens (tertiary/aromatic N) is 2. The van der Waals surface area contributed by atoms with Crippen molar-refractivity contribution >= 4 is 10.8 Å². The zero-order valence-corrected chi connectivity index (χ0v) is 6.28. The molecule has 0 aromatic carbocycles. The fourth-order valence-electron chi connectivity index (χ4n) is 1.15. The SMILES string of the molecule is Cc1nccc2ccncc12. The highest BCUT2D eigenvalue weighted by molar-refractivity contribution is 5.82. The monoisotopic (exact) mass is 144 g/mol. The predicted octanol–water partition coefficient (Wildman–Crippen LogP) is 1.94. The first kappa shape index (κ1) is 6.28. The zero-order valence-electron chi connectivity index (χ0n) is 6.28. The molecule has 2 heteroatoms. The molecule has 2 aromatic heterocycles. The van der Waals surface area contributed by atoms with Gasteiger partial charge in [-0.15, -0.1) is 0 Å². The average Bonchev–Trinajstić information content (AvgIpc) is 2.06. The van der Waals surface area contributed by atoms with Gasteiger partial charge in [-0.1, -0.05) is 0 Å². The molecule has 2 nitrogen and oxygen atoms in total. The summed E-state index contributed by atoms with van der Waals surface area (Å²) in [6, 6.07) is 3.98. The Kier molecular flexibility index (Phi) is 1.32. The predicted molar refractivity (Wildman–Crippen MR) is 44.3 cm³/mol. The van der Waals surface area contributed by atoms with Gasteiger partial charge in [0.15, 0.2) is 0 Å². The maximum Gasteiger partial charge on any atom is 0.0466 e. The van der Waals surface area contributed by atoms with Crippen LogP contribution in [0.5, 0.6) is 0 Å². The van der Waals surface area contributed by atoms with Crippen molar-refractivity contribution in [1.82, 2.24) is 9.97 Å². The summed E-state index contributed by atoms with van der Waals surface area (Å²) in [5.74, 6) is 0. The number of hydrogen-bond acceptors (Lipinski definition) is 2. The Hall–Kier alpha value is -1.44. The average molecular weight is 144 g/mol. The highest BCUT2D eigenvalue weighted by Crippen LogP contribution is 2.12. The fourth-order valence-corrected chi connectivity index (χ4v) is 1.15. The molecule has 2 rings (SSSR count). The quantitative estimate of drug-likeness (QED) is 0.564. The normalized spacial score (nSPS) is 10.3. The first-order valence-corrected chi connectivity index (χ1v) is 3.53. The van der Waals surface area contributed by atoms with E-state index in [1.54, 1.807) is 6.20 Å². The summed E-state index contributed by atoms with van der Waals surface area (Å²) in [5.41, 5.74) is 1.04. The van der Waals surface area contributed by atoms with Crippen LogP contribution in [-0.4, -0.2) is 9.97 Å². The first-order chi connectivity index (χ1) is 5.38. The van der Waals surface area contributed by atoms with Gasteiger partial charge in [0.2, 0.25) is 0 Å². The van der Waals surface area contributed by atoms with Crippen LogP contribution in [-0.2, 0) is 0 Å². The number of pyridine rings is 2. The summed E-state index contributed by atoms with van der Waals surface area (Å²) in [5, 5.41) is 2.34.